The molecule has 0 aromatic heterocycles. The van der Waals surface area contributed by atoms with Crippen molar-refractivity contribution in [3.05, 3.63) is 29.8 Å². The number of anilines is 1. The van der Waals surface area contributed by atoms with Gasteiger partial charge in [0.2, 0.25) is 5.91 Å². The molecule has 2 aliphatic rings. The molecule has 2 N–H and O–H groups in total. The van der Waals surface area contributed by atoms with E-state index >= 15 is 0 Å². The summed E-state index contributed by atoms with van der Waals surface area (Å²) in [5.41, 5.74) is 2.67. The molecule has 1 aromatic carbocycles. The summed E-state index contributed by atoms with van der Waals surface area (Å²) < 4.78 is 0. The van der Waals surface area contributed by atoms with E-state index in [0.29, 0.717) is 5.41 Å². The number of aliphatic imine (C=N–C) groups is 1. The first-order chi connectivity index (χ1) is 12.1. The van der Waals surface area contributed by atoms with Crippen molar-refractivity contribution >= 4 is 41.5 Å². The molecular weight excluding hydrogens is 439 g/mol. The number of carbonyl (C=O) groups is 1. The first-order valence-electron chi connectivity index (χ1n) is 9.42. The van der Waals surface area contributed by atoms with E-state index in [2.05, 4.69) is 32.7 Å². The molecule has 0 atom stereocenters. The molecule has 5 nitrogen and oxygen atoms in total. The predicted octanol–water partition coefficient (Wildman–Crippen LogP) is 3.65. The van der Waals surface area contributed by atoms with Crippen LogP contribution in [0.4, 0.5) is 5.69 Å². The average molecular weight is 470 g/mol. The Morgan fingerprint density at radius 1 is 1.19 bits per heavy atom. The fourth-order valence-electron chi connectivity index (χ4n) is 4.26. The summed E-state index contributed by atoms with van der Waals surface area (Å²) in [5, 5.41) is 6.32. The van der Waals surface area contributed by atoms with Gasteiger partial charge in [0.05, 0.1) is 0 Å². The molecule has 26 heavy (non-hydrogen) atoms. The van der Waals surface area contributed by atoms with Gasteiger partial charge in [-0.25, -0.2) is 0 Å². The third-order valence-corrected chi connectivity index (χ3v) is 5.58. The molecule has 1 aliphatic heterocycles. The Labute approximate surface area is 174 Å². The normalized spacial score (nSPS) is 18.7. The van der Waals surface area contributed by atoms with Crippen molar-refractivity contribution in [3.63, 3.8) is 0 Å². The number of likely N-dealkylation sites (tertiary alicyclic amines) is 1. The predicted molar refractivity (Wildman–Crippen MR) is 118 cm³/mol. The molecule has 1 saturated carbocycles. The number of carbonyl (C=O) groups excluding carboxylic acids is 1. The Morgan fingerprint density at radius 2 is 1.88 bits per heavy atom. The minimum Gasteiger partial charge on any atom is -0.356 e. The van der Waals surface area contributed by atoms with Crippen LogP contribution in [0.3, 0.4) is 0 Å². The topological polar surface area (TPSA) is 56.7 Å². The summed E-state index contributed by atoms with van der Waals surface area (Å²) >= 11 is 0. The van der Waals surface area contributed by atoms with Crippen LogP contribution in [0.15, 0.2) is 29.3 Å². The van der Waals surface area contributed by atoms with Gasteiger partial charge in [-0.3, -0.25) is 9.79 Å². The highest BCUT2D eigenvalue weighted by Gasteiger charge is 2.40. The zero-order valence-corrected chi connectivity index (χ0v) is 18.2. The Bertz CT molecular complexity index is 623. The smallest absolute Gasteiger partial charge is 0.221 e. The van der Waals surface area contributed by atoms with Crippen LogP contribution >= 0.6 is 24.0 Å². The summed E-state index contributed by atoms with van der Waals surface area (Å²) in [7, 11) is 1.88. The highest BCUT2D eigenvalue weighted by atomic mass is 127. The van der Waals surface area contributed by atoms with Crippen LogP contribution in [0.1, 0.15) is 44.6 Å². The van der Waals surface area contributed by atoms with Gasteiger partial charge in [-0.2, -0.15) is 0 Å². The minimum atomic E-state index is -0.0381. The second kappa shape index (κ2) is 9.58. The molecule has 1 aliphatic carbocycles. The van der Waals surface area contributed by atoms with E-state index in [0.717, 1.165) is 37.7 Å². The first-order valence-corrected chi connectivity index (χ1v) is 9.42. The number of rotatable bonds is 4. The number of hydrogen-bond donors (Lipinski definition) is 2. The quantitative estimate of drug-likeness (QED) is 0.402. The molecule has 1 spiro atoms. The molecule has 0 radical (unpaired) electrons. The molecule has 1 heterocycles. The van der Waals surface area contributed by atoms with Crippen LogP contribution in [0, 0.1) is 5.41 Å². The van der Waals surface area contributed by atoms with E-state index in [9.17, 15) is 4.79 Å². The van der Waals surface area contributed by atoms with Crippen molar-refractivity contribution < 1.29 is 4.79 Å². The third kappa shape index (κ3) is 5.34. The molecule has 0 unspecified atom stereocenters. The molecule has 6 heteroatoms. The average Bonchev–Trinajstić information content (AvgIpc) is 3.23. The number of halogens is 1. The van der Waals surface area contributed by atoms with Gasteiger partial charge in [0, 0.05) is 39.3 Å². The molecule has 1 aromatic rings. The van der Waals surface area contributed by atoms with Crippen molar-refractivity contribution in [2.75, 3.05) is 32.0 Å². The lowest BCUT2D eigenvalue weighted by Crippen LogP contribution is -2.41. The van der Waals surface area contributed by atoms with Crippen LogP contribution in [0.2, 0.25) is 0 Å². The van der Waals surface area contributed by atoms with Crippen LogP contribution in [0.5, 0.6) is 0 Å². The summed E-state index contributed by atoms with van der Waals surface area (Å²) in [6, 6.07) is 8.05. The number of amides is 1. The van der Waals surface area contributed by atoms with Crippen LogP contribution in [0.25, 0.3) is 0 Å². The zero-order chi connectivity index (χ0) is 17.7. The maximum absolute atomic E-state index is 11.1. The SMILES string of the molecule is CN=C(NCCc1ccc(NC(C)=O)cc1)N1CCC2(CCCC2)C1.I. The van der Waals surface area contributed by atoms with E-state index in [1.807, 2.05) is 19.2 Å². The van der Waals surface area contributed by atoms with E-state index < -0.39 is 0 Å². The molecule has 144 valence electrons. The Morgan fingerprint density at radius 3 is 2.50 bits per heavy atom. The maximum atomic E-state index is 11.1. The van der Waals surface area contributed by atoms with E-state index in [1.165, 1.54) is 44.6 Å². The Balaban J connectivity index is 0.00000243. The van der Waals surface area contributed by atoms with Gasteiger partial charge < -0.3 is 15.5 Å². The molecule has 1 amide bonds. The standard InChI is InChI=1S/C20H30N4O.HI/c1-16(25)23-18-7-5-17(6-8-18)9-13-22-19(21-2)24-14-12-20(15-24)10-3-4-11-20;/h5-8H,3-4,9-15H2,1-2H3,(H,21,22)(H,23,25);1H. The van der Waals surface area contributed by atoms with Gasteiger partial charge in [0.1, 0.15) is 0 Å². The molecule has 2 fully saturated rings. The van der Waals surface area contributed by atoms with Gasteiger partial charge in [0.15, 0.2) is 5.96 Å². The Hall–Kier alpha value is -1.31. The summed E-state index contributed by atoms with van der Waals surface area (Å²) in [6.07, 6.45) is 7.83. The second-order valence-corrected chi connectivity index (χ2v) is 7.48. The fraction of sp³-hybridized carbons (Fsp3) is 0.600. The lowest BCUT2D eigenvalue weighted by Gasteiger charge is -2.26. The van der Waals surface area contributed by atoms with Crippen LogP contribution in [-0.4, -0.2) is 43.4 Å². The maximum Gasteiger partial charge on any atom is 0.221 e. The number of benzene rings is 1. The number of nitrogens with zero attached hydrogens (tertiary/aromatic N) is 2. The van der Waals surface area contributed by atoms with Gasteiger partial charge >= 0.3 is 0 Å². The molecule has 3 rings (SSSR count). The summed E-state index contributed by atoms with van der Waals surface area (Å²) in [6.45, 7) is 4.69. The van der Waals surface area contributed by atoms with E-state index in [1.54, 1.807) is 0 Å². The first kappa shape index (κ1) is 21.0. The number of guanidine groups is 1. The van der Waals surface area contributed by atoms with Crippen molar-refractivity contribution in [3.8, 4) is 0 Å². The summed E-state index contributed by atoms with van der Waals surface area (Å²) in [5.74, 6) is 1.00. The number of nitrogens with one attached hydrogen (secondary N) is 2. The zero-order valence-electron chi connectivity index (χ0n) is 15.9. The van der Waals surface area contributed by atoms with Crippen molar-refractivity contribution in [1.29, 1.82) is 0 Å². The molecular formula is C20H31IN4O. The van der Waals surface area contributed by atoms with Crippen molar-refractivity contribution in [2.45, 2.75) is 45.4 Å². The van der Waals surface area contributed by atoms with Crippen molar-refractivity contribution in [1.82, 2.24) is 10.2 Å². The Kier molecular flexibility index (Phi) is 7.73. The molecule has 1 saturated heterocycles. The highest BCUT2D eigenvalue weighted by molar-refractivity contribution is 14.0. The number of hydrogen-bond acceptors (Lipinski definition) is 2. The highest BCUT2D eigenvalue weighted by Crippen LogP contribution is 2.45. The lowest BCUT2D eigenvalue weighted by molar-refractivity contribution is -0.114. The summed E-state index contributed by atoms with van der Waals surface area (Å²) in [4.78, 5) is 18.0. The van der Waals surface area contributed by atoms with Gasteiger partial charge in [-0.05, 0) is 48.8 Å². The van der Waals surface area contributed by atoms with Crippen LogP contribution < -0.4 is 10.6 Å². The third-order valence-electron chi connectivity index (χ3n) is 5.58. The fourth-order valence-corrected chi connectivity index (χ4v) is 4.26. The van der Waals surface area contributed by atoms with Gasteiger partial charge in [0.25, 0.3) is 0 Å². The second-order valence-electron chi connectivity index (χ2n) is 7.48. The van der Waals surface area contributed by atoms with Gasteiger partial charge in [-0.1, -0.05) is 25.0 Å². The lowest BCUT2D eigenvalue weighted by atomic mass is 9.86. The molecule has 0 bridgehead atoms. The van der Waals surface area contributed by atoms with E-state index in [-0.39, 0.29) is 29.9 Å². The van der Waals surface area contributed by atoms with Gasteiger partial charge in [-0.15, -0.1) is 24.0 Å². The van der Waals surface area contributed by atoms with E-state index in [4.69, 9.17) is 0 Å². The monoisotopic (exact) mass is 470 g/mol. The van der Waals surface area contributed by atoms with Crippen LogP contribution in [-0.2, 0) is 11.2 Å². The minimum absolute atomic E-state index is 0. The van der Waals surface area contributed by atoms with Crippen molar-refractivity contribution in [2.24, 2.45) is 10.4 Å². The largest absolute Gasteiger partial charge is 0.356 e.